The molecule has 1 fully saturated rings. The van der Waals surface area contributed by atoms with Crippen LogP contribution in [0.1, 0.15) is 37.3 Å². The highest BCUT2D eigenvalue weighted by molar-refractivity contribution is 5.22. The molecule has 1 saturated heterocycles. The molecule has 0 saturated carbocycles. The van der Waals surface area contributed by atoms with Gasteiger partial charge in [0.05, 0.1) is 20.1 Å². The molecule has 0 aromatic heterocycles. The minimum Gasteiger partial charge on any atom is -0.322 e. The fraction of sp³-hybridized carbons (Fsp3) is 0.600. The van der Waals surface area contributed by atoms with Gasteiger partial charge in [-0.1, -0.05) is 37.6 Å². The maximum atomic E-state index is 2.40. The van der Waals surface area contributed by atoms with Crippen LogP contribution in [-0.4, -0.2) is 24.6 Å². The van der Waals surface area contributed by atoms with Gasteiger partial charge in [-0.15, -0.1) is 0 Å². The van der Waals surface area contributed by atoms with Crippen molar-refractivity contribution in [1.29, 1.82) is 0 Å². The number of benzene rings is 1. The molecule has 0 amide bonds. The Morgan fingerprint density at radius 3 is 2.12 bits per heavy atom. The van der Waals surface area contributed by atoms with E-state index in [0.29, 0.717) is 0 Å². The molecule has 16 heavy (non-hydrogen) atoms. The van der Waals surface area contributed by atoms with Crippen LogP contribution >= 0.6 is 0 Å². The molecule has 1 aliphatic rings. The first-order chi connectivity index (χ1) is 7.72. The van der Waals surface area contributed by atoms with Gasteiger partial charge in [-0.25, -0.2) is 0 Å². The number of hydrogen-bond acceptors (Lipinski definition) is 0. The topological polar surface area (TPSA) is 0 Å². The number of rotatable bonds is 4. The smallest absolute Gasteiger partial charge is 0.104 e. The first kappa shape index (κ1) is 11.7. The van der Waals surface area contributed by atoms with Gasteiger partial charge in [0.15, 0.2) is 0 Å². The molecule has 1 heterocycles. The summed E-state index contributed by atoms with van der Waals surface area (Å²) < 4.78 is 1.24. The van der Waals surface area contributed by atoms with Crippen molar-refractivity contribution in [2.45, 2.75) is 39.2 Å². The predicted molar refractivity (Wildman–Crippen MR) is 69.3 cm³/mol. The Hall–Kier alpha value is -0.820. The van der Waals surface area contributed by atoms with Crippen molar-refractivity contribution in [2.75, 3.05) is 20.1 Å². The SMILES string of the molecule is CCCc1ccc(C[N+]2(C)CCCC2)cc1. The van der Waals surface area contributed by atoms with Crippen LogP contribution in [0.2, 0.25) is 0 Å². The molecule has 0 bridgehead atoms. The first-order valence-corrected chi connectivity index (χ1v) is 6.63. The highest BCUT2D eigenvalue weighted by Crippen LogP contribution is 2.20. The van der Waals surface area contributed by atoms with Gasteiger partial charge in [-0.3, -0.25) is 0 Å². The van der Waals surface area contributed by atoms with Crippen molar-refractivity contribution in [3.8, 4) is 0 Å². The molecule has 1 aromatic carbocycles. The monoisotopic (exact) mass is 218 g/mol. The zero-order valence-corrected chi connectivity index (χ0v) is 10.7. The third kappa shape index (κ3) is 2.85. The summed E-state index contributed by atoms with van der Waals surface area (Å²) in [5.41, 5.74) is 2.99. The van der Waals surface area contributed by atoms with Gasteiger partial charge >= 0.3 is 0 Å². The summed E-state index contributed by atoms with van der Waals surface area (Å²) in [5, 5.41) is 0. The molecule has 1 nitrogen and oxygen atoms in total. The van der Waals surface area contributed by atoms with E-state index >= 15 is 0 Å². The van der Waals surface area contributed by atoms with Crippen LogP contribution in [0.5, 0.6) is 0 Å². The van der Waals surface area contributed by atoms with Gasteiger partial charge in [-0.05, 0) is 12.0 Å². The normalized spacial score (nSPS) is 18.9. The summed E-state index contributed by atoms with van der Waals surface area (Å²) in [6.45, 7) is 6.17. The van der Waals surface area contributed by atoms with E-state index in [2.05, 4.69) is 38.2 Å². The second-order valence-electron chi connectivity index (χ2n) is 5.50. The highest BCUT2D eigenvalue weighted by Gasteiger charge is 2.26. The number of likely N-dealkylation sites (tertiary alicyclic amines) is 1. The minimum absolute atomic E-state index is 1.21. The molecule has 0 radical (unpaired) electrons. The predicted octanol–water partition coefficient (Wildman–Crippen LogP) is 3.38. The molecule has 0 unspecified atom stereocenters. The Labute approximate surface area is 99.7 Å². The van der Waals surface area contributed by atoms with Crippen LogP contribution in [0.25, 0.3) is 0 Å². The van der Waals surface area contributed by atoms with Crippen LogP contribution in [0, 0.1) is 0 Å². The fourth-order valence-corrected chi connectivity index (χ4v) is 2.80. The van der Waals surface area contributed by atoms with E-state index in [9.17, 15) is 0 Å². The molecule has 1 heteroatoms. The first-order valence-electron chi connectivity index (χ1n) is 6.63. The van der Waals surface area contributed by atoms with Crippen molar-refractivity contribution >= 4 is 0 Å². The lowest BCUT2D eigenvalue weighted by Gasteiger charge is -2.29. The quantitative estimate of drug-likeness (QED) is 0.680. The van der Waals surface area contributed by atoms with Gasteiger partial charge in [0, 0.05) is 18.4 Å². The number of quaternary nitrogens is 1. The highest BCUT2D eigenvalue weighted by atomic mass is 15.3. The van der Waals surface area contributed by atoms with Crippen LogP contribution < -0.4 is 0 Å². The second-order valence-corrected chi connectivity index (χ2v) is 5.50. The van der Waals surface area contributed by atoms with Crippen molar-refractivity contribution < 1.29 is 4.48 Å². The van der Waals surface area contributed by atoms with Gasteiger partial charge in [0.2, 0.25) is 0 Å². The minimum atomic E-state index is 1.21. The second kappa shape index (κ2) is 5.01. The molecular formula is C15H24N+. The molecule has 2 rings (SSSR count). The third-order valence-corrected chi connectivity index (χ3v) is 3.77. The lowest BCUT2D eigenvalue weighted by molar-refractivity contribution is -0.910. The van der Waals surface area contributed by atoms with Crippen LogP contribution in [0.4, 0.5) is 0 Å². The summed E-state index contributed by atoms with van der Waals surface area (Å²) in [7, 11) is 2.40. The zero-order chi connectivity index (χ0) is 11.4. The van der Waals surface area contributed by atoms with Crippen molar-refractivity contribution in [2.24, 2.45) is 0 Å². The van der Waals surface area contributed by atoms with Crippen molar-refractivity contribution in [1.82, 2.24) is 0 Å². The lowest BCUT2D eigenvalue weighted by Crippen LogP contribution is -2.39. The van der Waals surface area contributed by atoms with E-state index in [-0.39, 0.29) is 0 Å². The van der Waals surface area contributed by atoms with E-state index in [0.717, 1.165) is 0 Å². The molecule has 0 atom stereocenters. The van der Waals surface area contributed by atoms with E-state index in [1.807, 2.05) is 0 Å². The summed E-state index contributed by atoms with van der Waals surface area (Å²) in [5.74, 6) is 0. The number of nitrogens with zero attached hydrogens (tertiary/aromatic N) is 1. The van der Waals surface area contributed by atoms with Crippen molar-refractivity contribution in [3.05, 3.63) is 35.4 Å². The van der Waals surface area contributed by atoms with Gasteiger partial charge in [-0.2, -0.15) is 0 Å². The fourth-order valence-electron chi connectivity index (χ4n) is 2.80. The Morgan fingerprint density at radius 1 is 1.00 bits per heavy atom. The summed E-state index contributed by atoms with van der Waals surface area (Å²) >= 11 is 0. The molecule has 1 aromatic rings. The van der Waals surface area contributed by atoms with E-state index < -0.39 is 0 Å². The van der Waals surface area contributed by atoms with Gasteiger partial charge in [0.1, 0.15) is 6.54 Å². The molecule has 1 aliphatic heterocycles. The molecule has 0 N–H and O–H groups in total. The largest absolute Gasteiger partial charge is 0.322 e. The maximum Gasteiger partial charge on any atom is 0.104 e. The number of hydrogen-bond donors (Lipinski definition) is 0. The summed E-state index contributed by atoms with van der Waals surface area (Å²) in [6.07, 6.45) is 5.27. The van der Waals surface area contributed by atoms with Gasteiger partial charge < -0.3 is 4.48 Å². The average molecular weight is 218 g/mol. The van der Waals surface area contributed by atoms with E-state index in [1.165, 1.54) is 60.9 Å². The summed E-state index contributed by atoms with van der Waals surface area (Å²) in [6, 6.07) is 9.27. The molecular weight excluding hydrogens is 194 g/mol. The molecule has 0 spiro atoms. The van der Waals surface area contributed by atoms with Crippen LogP contribution in [0.15, 0.2) is 24.3 Å². The third-order valence-electron chi connectivity index (χ3n) is 3.77. The Bertz CT molecular complexity index is 320. The van der Waals surface area contributed by atoms with Crippen LogP contribution in [0.3, 0.4) is 0 Å². The van der Waals surface area contributed by atoms with Gasteiger partial charge in [0.25, 0.3) is 0 Å². The Morgan fingerprint density at radius 2 is 1.56 bits per heavy atom. The van der Waals surface area contributed by atoms with Crippen LogP contribution in [-0.2, 0) is 13.0 Å². The van der Waals surface area contributed by atoms with Crippen molar-refractivity contribution in [3.63, 3.8) is 0 Å². The number of aryl methyl sites for hydroxylation is 1. The average Bonchev–Trinajstić information content (AvgIpc) is 2.68. The molecule has 88 valence electrons. The zero-order valence-electron chi connectivity index (χ0n) is 10.7. The summed E-state index contributed by atoms with van der Waals surface area (Å²) in [4.78, 5) is 0. The maximum absolute atomic E-state index is 2.40. The standard InChI is InChI=1S/C15H24N/c1-3-6-14-7-9-15(10-8-14)13-16(2)11-4-5-12-16/h7-10H,3-6,11-13H2,1-2H3/q+1. The van der Waals surface area contributed by atoms with E-state index in [4.69, 9.17) is 0 Å². The Kier molecular flexibility index (Phi) is 3.65. The molecule has 0 aliphatic carbocycles. The lowest BCUT2D eigenvalue weighted by atomic mass is 10.1. The Balaban J connectivity index is 1.99. The van der Waals surface area contributed by atoms with E-state index in [1.54, 1.807) is 0 Å².